The lowest BCUT2D eigenvalue weighted by Gasteiger charge is -2.29. The van der Waals surface area contributed by atoms with Gasteiger partial charge in [-0.3, -0.25) is 0 Å². The van der Waals surface area contributed by atoms with Crippen molar-refractivity contribution in [3.63, 3.8) is 0 Å². The first-order valence-corrected chi connectivity index (χ1v) is 14.0. The second-order valence-corrected chi connectivity index (χ2v) is 10.9. The van der Waals surface area contributed by atoms with Gasteiger partial charge in [-0.15, -0.1) is 0 Å². The molecule has 0 unspecified atom stereocenters. The van der Waals surface area contributed by atoms with Gasteiger partial charge in [0.25, 0.3) is 0 Å². The summed E-state index contributed by atoms with van der Waals surface area (Å²) in [5.74, 6) is 0.309. The molecule has 2 fully saturated rings. The van der Waals surface area contributed by atoms with Crippen LogP contribution < -0.4 is 4.74 Å². The van der Waals surface area contributed by atoms with Gasteiger partial charge in [0.1, 0.15) is 11.6 Å². The zero-order chi connectivity index (χ0) is 25.5. The zero-order valence-corrected chi connectivity index (χ0v) is 21.9. The molecule has 1 nitrogen and oxygen atoms in total. The molecule has 0 atom stereocenters. The summed E-state index contributed by atoms with van der Waals surface area (Å²) in [7, 11) is 1.54. The highest BCUT2D eigenvalue weighted by molar-refractivity contribution is 5.52. The molecule has 0 aromatic heterocycles. The molecule has 2 aromatic rings. The van der Waals surface area contributed by atoms with Crippen LogP contribution in [-0.2, 0) is 0 Å². The third-order valence-corrected chi connectivity index (χ3v) is 8.61. The van der Waals surface area contributed by atoms with E-state index in [-0.39, 0.29) is 17.7 Å². The Hall–Kier alpha value is -2.23. The molecule has 2 aromatic carbocycles. The quantitative estimate of drug-likeness (QED) is 0.313. The standard InChI is InChI=1S/C32H41F3O/c1-3-4-5-6-22-7-14-25(15-8-22)29-19-17-26(31(34)32(29)35)16-11-23-9-12-24(13-10-23)28-20-18-27(36-2)21-30(28)33/h11,16-25H,3-10,12-15H2,1-2H3/b16-11+. The van der Waals surface area contributed by atoms with E-state index in [1.807, 2.05) is 24.3 Å². The van der Waals surface area contributed by atoms with Crippen LogP contribution in [0.5, 0.6) is 5.75 Å². The van der Waals surface area contributed by atoms with Crippen molar-refractivity contribution in [1.82, 2.24) is 0 Å². The highest BCUT2D eigenvalue weighted by atomic mass is 19.2. The predicted molar refractivity (Wildman–Crippen MR) is 142 cm³/mol. The average Bonchev–Trinajstić information content (AvgIpc) is 2.90. The summed E-state index contributed by atoms with van der Waals surface area (Å²) >= 11 is 0. The lowest BCUT2D eigenvalue weighted by Crippen LogP contribution is -2.15. The van der Waals surface area contributed by atoms with Crippen LogP contribution in [0, 0.1) is 29.3 Å². The average molecular weight is 499 g/mol. The number of methoxy groups -OCH3 is 1. The molecule has 0 radical (unpaired) electrons. The summed E-state index contributed by atoms with van der Waals surface area (Å²) in [5, 5.41) is 0. The minimum absolute atomic E-state index is 0.133. The van der Waals surface area contributed by atoms with Gasteiger partial charge in [-0.05, 0) is 92.2 Å². The van der Waals surface area contributed by atoms with Crippen molar-refractivity contribution in [3.8, 4) is 5.75 Å². The van der Waals surface area contributed by atoms with E-state index in [2.05, 4.69) is 6.92 Å². The minimum atomic E-state index is -0.720. The lowest BCUT2D eigenvalue weighted by molar-refractivity contribution is 0.298. The van der Waals surface area contributed by atoms with Gasteiger partial charge in [0.15, 0.2) is 11.6 Å². The molecule has 2 aliphatic rings. The molecule has 0 N–H and O–H groups in total. The summed E-state index contributed by atoms with van der Waals surface area (Å²) < 4.78 is 49.6. The van der Waals surface area contributed by atoms with E-state index in [0.29, 0.717) is 22.8 Å². The molecular weight excluding hydrogens is 457 g/mol. The molecule has 4 heteroatoms. The van der Waals surface area contributed by atoms with E-state index >= 15 is 4.39 Å². The van der Waals surface area contributed by atoms with E-state index in [1.165, 1.54) is 38.9 Å². The van der Waals surface area contributed by atoms with Crippen LogP contribution in [0.25, 0.3) is 6.08 Å². The number of hydrogen-bond donors (Lipinski definition) is 0. The summed E-state index contributed by atoms with van der Waals surface area (Å²) in [4.78, 5) is 0. The Morgan fingerprint density at radius 3 is 2.14 bits per heavy atom. The molecule has 36 heavy (non-hydrogen) atoms. The van der Waals surface area contributed by atoms with Crippen LogP contribution in [0.2, 0.25) is 0 Å². The van der Waals surface area contributed by atoms with Crippen LogP contribution in [0.1, 0.15) is 112 Å². The molecule has 0 spiro atoms. The number of rotatable bonds is 9. The van der Waals surface area contributed by atoms with Crippen LogP contribution >= 0.6 is 0 Å². The van der Waals surface area contributed by atoms with Gasteiger partial charge in [0.05, 0.1) is 7.11 Å². The zero-order valence-electron chi connectivity index (χ0n) is 21.9. The lowest BCUT2D eigenvalue weighted by atomic mass is 9.76. The van der Waals surface area contributed by atoms with E-state index in [0.717, 1.165) is 62.8 Å². The molecule has 0 aliphatic heterocycles. The maximum absolute atomic E-state index is 15.0. The van der Waals surface area contributed by atoms with E-state index in [1.54, 1.807) is 12.1 Å². The normalized spacial score (nSPS) is 24.8. The van der Waals surface area contributed by atoms with Crippen LogP contribution in [-0.4, -0.2) is 7.11 Å². The number of unbranched alkanes of at least 4 members (excludes halogenated alkanes) is 2. The molecule has 0 heterocycles. The van der Waals surface area contributed by atoms with Crippen molar-refractivity contribution < 1.29 is 17.9 Å². The highest BCUT2D eigenvalue weighted by Crippen LogP contribution is 2.40. The van der Waals surface area contributed by atoms with Crippen LogP contribution in [0.4, 0.5) is 13.2 Å². The van der Waals surface area contributed by atoms with Crippen LogP contribution in [0.15, 0.2) is 36.4 Å². The van der Waals surface area contributed by atoms with Gasteiger partial charge in [0.2, 0.25) is 0 Å². The van der Waals surface area contributed by atoms with Gasteiger partial charge in [0, 0.05) is 11.6 Å². The molecule has 0 bridgehead atoms. The van der Waals surface area contributed by atoms with Gasteiger partial charge in [-0.1, -0.05) is 63.0 Å². The predicted octanol–water partition coefficient (Wildman–Crippen LogP) is 9.95. The first kappa shape index (κ1) is 26.8. The Labute approximate surface area is 215 Å². The Morgan fingerprint density at radius 1 is 0.806 bits per heavy atom. The fraction of sp³-hybridized carbons (Fsp3) is 0.562. The highest BCUT2D eigenvalue weighted by Gasteiger charge is 2.26. The Bertz CT molecular complexity index is 1010. The van der Waals surface area contributed by atoms with E-state index in [4.69, 9.17) is 4.74 Å². The fourth-order valence-corrected chi connectivity index (χ4v) is 6.30. The van der Waals surface area contributed by atoms with Crippen molar-refractivity contribution in [2.75, 3.05) is 7.11 Å². The summed E-state index contributed by atoms with van der Waals surface area (Å²) in [6.45, 7) is 2.23. The van der Waals surface area contributed by atoms with Crippen LogP contribution in [0.3, 0.4) is 0 Å². The molecule has 196 valence electrons. The molecule has 2 saturated carbocycles. The topological polar surface area (TPSA) is 9.23 Å². The van der Waals surface area contributed by atoms with Gasteiger partial charge >= 0.3 is 0 Å². The van der Waals surface area contributed by atoms with E-state index < -0.39 is 11.6 Å². The Kier molecular flexibility index (Phi) is 9.56. The van der Waals surface area contributed by atoms with Crippen molar-refractivity contribution in [2.45, 2.75) is 95.8 Å². The maximum atomic E-state index is 15.0. The first-order valence-electron chi connectivity index (χ1n) is 14.0. The monoisotopic (exact) mass is 498 g/mol. The summed E-state index contributed by atoms with van der Waals surface area (Å²) in [6, 6.07) is 8.64. The molecular formula is C32H41F3O. The summed E-state index contributed by atoms with van der Waals surface area (Å²) in [6.07, 6.45) is 16.6. The minimum Gasteiger partial charge on any atom is -0.497 e. The van der Waals surface area contributed by atoms with Crippen molar-refractivity contribution >= 4 is 6.08 Å². The molecule has 4 rings (SSSR count). The Balaban J connectivity index is 1.31. The second kappa shape index (κ2) is 12.8. The smallest absolute Gasteiger partial charge is 0.166 e. The van der Waals surface area contributed by atoms with Gasteiger partial charge < -0.3 is 4.74 Å². The van der Waals surface area contributed by atoms with Crippen molar-refractivity contribution in [3.05, 3.63) is 70.5 Å². The number of ether oxygens (including phenoxy) is 1. The van der Waals surface area contributed by atoms with Crippen molar-refractivity contribution in [2.24, 2.45) is 11.8 Å². The number of halogens is 3. The van der Waals surface area contributed by atoms with Gasteiger partial charge in [-0.25, -0.2) is 13.2 Å². The molecule has 0 amide bonds. The Morgan fingerprint density at radius 2 is 1.47 bits per heavy atom. The summed E-state index contributed by atoms with van der Waals surface area (Å²) in [5.41, 5.74) is 1.63. The molecule has 2 aliphatic carbocycles. The number of allylic oxidation sites excluding steroid dienone is 1. The molecule has 0 saturated heterocycles. The SMILES string of the molecule is CCCCCC1CCC(c2ccc(/C=C/C3CCC(c4ccc(OC)cc4F)CC3)c(F)c2F)CC1. The fourth-order valence-electron chi connectivity index (χ4n) is 6.30. The third-order valence-electron chi connectivity index (χ3n) is 8.61. The number of benzene rings is 2. The largest absolute Gasteiger partial charge is 0.497 e. The van der Waals surface area contributed by atoms with Crippen molar-refractivity contribution in [1.29, 1.82) is 0 Å². The number of hydrogen-bond acceptors (Lipinski definition) is 1. The maximum Gasteiger partial charge on any atom is 0.166 e. The second-order valence-electron chi connectivity index (χ2n) is 10.9. The van der Waals surface area contributed by atoms with Gasteiger partial charge in [-0.2, -0.15) is 0 Å². The third kappa shape index (κ3) is 6.55. The first-order chi connectivity index (χ1) is 17.5. The van der Waals surface area contributed by atoms with E-state index in [9.17, 15) is 8.78 Å².